The van der Waals surface area contributed by atoms with Gasteiger partial charge in [-0.15, -0.1) is 11.6 Å². The maximum absolute atomic E-state index is 6.05. The predicted octanol–water partition coefficient (Wildman–Crippen LogP) is 3.83. The normalized spacial score (nSPS) is 35.2. The molecule has 0 N–H and O–H groups in total. The standard InChI is InChI=1S/C10H19Cl/c1-3-9-4-6-10(7-5-9)8(2)11/h8-10H,3-7H2,1-2H3. The Morgan fingerprint density at radius 1 is 1.27 bits per heavy atom. The van der Waals surface area contributed by atoms with E-state index in [9.17, 15) is 0 Å². The van der Waals surface area contributed by atoms with Crippen molar-refractivity contribution < 1.29 is 0 Å². The quantitative estimate of drug-likeness (QED) is 0.559. The van der Waals surface area contributed by atoms with Crippen LogP contribution in [-0.4, -0.2) is 5.38 Å². The van der Waals surface area contributed by atoms with Gasteiger partial charge in [-0.1, -0.05) is 26.2 Å². The molecule has 0 spiro atoms. The summed E-state index contributed by atoms with van der Waals surface area (Å²) in [6, 6.07) is 0. The monoisotopic (exact) mass is 174 g/mol. The lowest BCUT2D eigenvalue weighted by molar-refractivity contribution is 0.267. The predicted molar refractivity (Wildman–Crippen MR) is 51.1 cm³/mol. The molecule has 0 heterocycles. The van der Waals surface area contributed by atoms with Crippen molar-refractivity contribution in [1.82, 2.24) is 0 Å². The molecule has 0 aliphatic heterocycles. The first-order valence-electron chi connectivity index (χ1n) is 4.88. The van der Waals surface area contributed by atoms with E-state index in [0.29, 0.717) is 5.38 Å². The number of hydrogen-bond donors (Lipinski definition) is 0. The molecule has 0 saturated heterocycles. The van der Waals surface area contributed by atoms with Crippen LogP contribution < -0.4 is 0 Å². The molecule has 1 saturated carbocycles. The van der Waals surface area contributed by atoms with Crippen LogP contribution in [0, 0.1) is 11.8 Å². The Bertz CT molecular complexity index is 101. The second kappa shape index (κ2) is 4.35. The maximum atomic E-state index is 6.05. The number of hydrogen-bond acceptors (Lipinski definition) is 0. The Hall–Kier alpha value is 0.290. The molecule has 1 heteroatoms. The maximum Gasteiger partial charge on any atom is 0.0336 e. The third-order valence-corrected chi connectivity index (χ3v) is 3.47. The van der Waals surface area contributed by atoms with Crippen LogP contribution in [0.5, 0.6) is 0 Å². The third-order valence-electron chi connectivity index (χ3n) is 3.12. The van der Waals surface area contributed by atoms with Gasteiger partial charge in [-0.2, -0.15) is 0 Å². The summed E-state index contributed by atoms with van der Waals surface area (Å²) in [5.74, 6) is 1.81. The van der Waals surface area contributed by atoms with Crippen molar-refractivity contribution in [2.45, 2.75) is 51.3 Å². The van der Waals surface area contributed by atoms with Crippen LogP contribution >= 0.6 is 11.6 Å². The van der Waals surface area contributed by atoms with E-state index in [4.69, 9.17) is 11.6 Å². The molecule has 0 bridgehead atoms. The summed E-state index contributed by atoms with van der Waals surface area (Å²) in [6.07, 6.45) is 6.92. The first kappa shape index (κ1) is 9.38. The van der Waals surface area contributed by atoms with Gasteiger partial charge < -0.3 is 0 Å². The molecule has 1 fully saturated rings. The molecule has 0 aromatic heterocycles. The van der Waals surface area contributed by atoms with Gasteiger partial charge in [0, 0.05) is 5.38 Å². The third kappa shape index (κ3) is 2.66. The lowest BCUT2D eigenvalue weighted by Crippen LogP contribution is -2.19. The lowest BCUT2D eigenvalue weighted by atomic mass is 9.80. The number of alkyl halides is 1. The topological polar surface area (TPSA) is 0 Å². The van der Waals surface area contributed by atoms with Crippen LogP contribution in [0.1, 0.15) is 46.0 Å². The minimum Gasteiger partial charge on any atom is -0.123 e. The van der Waals surface area contributed by atoms with E-state index in [2.05, 4.69) is 13.8 Å². The highest BCUT2D eigenvalue weighted by atomic mass is 35.5. The first-order valence-corrected chi connectivity index (χ1v) is 5.31. The molecule has 0 amide bonds. The van der Waals surface area contributed by atoms with Crippen LogP contribution in [0.15, 0.2) is 0 Å². The smallest absolute Gasteiger partial charge is 0.0336 e. The average molecular weight is 175 g/mol. The van der Waals surface area contributed by atoms with Crippen LogP contribution in [0.4, 0.5) is 0 Å². The van der Waals surface area contributed by atoms with Gasteiger partial charge in [0.05, 0.1) is 0 Å². The summed E-state index contributed by atoms with van der Waals surface area (Å²) in [5, 5.41) is 0.396. The fourth-order valence-electron chi connectivity index (χ4n) is 2.06. The van der Waals surface area contributed by atoms with Crippen LogP contribution in [0.3, 0.4) is 0 Å². The SMILES string of the molecule is CCC1CCC(C(C)Cl)CC1. The Labute approximate surface area is 75.3 Å². The summed E-state index contributed by atoms with van der Waals surface area (Å²) >= 11 is 6.05. The van der Waals surface area contributed by atoms with E-state index in [1.165, 1.54) is 32.1 Å². The van der Waals surface area contributed by atoms with Crippen LogP contribution in [-0.2, 0) is 0 Å². The molecule has 11 heavy (non-hydrogen) atoms. The van der Waals surface area contributed by atoms with Gasteiger partial charge >= 0.3 is 0 Å². The van der Waals surface area contributed by atoms with Gasteiger partial charge in [0.15, 0.2) is 0 Å². The second-order valence-corrected chi connectivity index (χ2v) is 4.56. The Kier molecular flexibility index (Phi) is 3.71. The molecular weight excluding hydrogens is 156 g/mol. The van der Waals surface area contributed by atoms with Crippen LogP contribution in [0.25, 0.3) is 0 Å². The Balaban J connectivity index is 2.24. The molecule has 0 aromatic rings. The minimum absolute atomic E-state index is 0.396. The zero-order valence-electron chi connectivity index (χ0n) is 7.65. The highest BCUT2D eigenvalue weighted by Gasteiger charge is 2.22. The van der Waals surface area contributed by atoms with E-state index in [1.807, 2.05) is 0 Å². The number of halogens is 1. The molecule has 0 aromatic carbocycles. The fourth-order valence-corrected chi connectivity index (χ4v) is 2.31. The van der Waals surface area contributed by atoms with Gasteiger partial charge in [-0.3, -0.25) is 0 Å². The zero-order valence-corrected chi connectivity index (χ0v) is 8.40. The average Bonchev–Trinajstić information content (AvgIpc) is 2.05. The van der Waals surface area contributed by atoms with Gasteiger partial charge in [0.2, 0.25) is 0 Å². The van der Waals surface area contributed by atoms with Gasteiger partial charge in [0.1, 0.15) is 0 Å². The molecule has 1 rings (SSSR count). The first-order chi connectivity index (χ1) is 5.24. The van der Waals surface area contributed by atoms with E-state index in [0.717, 1.165) is 11.8 Å². The second-order valence-electron chi connectivity index (χ2n) is 3.87. The highest BCUT2D eigenvalue weighted by Crippen LogP contribution is 2.33. The molecule has 1 atom stereocenters. The van der Waals surface area contributed by atoms with Crippen molar-refractivity contribution in [1.29, 1.82) is 0 Å². The van der Waals surface area contributed by atoms with Gasteiger partial charge in [-0.25, -0.2) is 0 Å². The molecule has 1 unspecified atom stereocenters. The Morgan fingerprint density at radius 2 is 1.82 bits per heavy atom. The highest BCUT2D eigenvalue weighted by molar-refractivity contribution is 6.20. The van der Waals surface area contributed by atoms with Crippen molar-refractivity contribution in [2.24, 2.45) is 11.8 Å². The van der Waals surface area contributed by atoms with E-state index in [-0.39, 0.29) is 0 Å². The van der Waals surface area contributed by atoms with Crippen molar-refractivity contribution in [2.75, 3.05) is 0 Å². The van der Waals surface area contributed by atoms with E-state index in [1.54, 1.807) is 0 Å². The molecule has 1 aliphatic carbocycles. The summed E-state index contributed by atoms with van der Waals surface area (Å²) in [4.78, 5) is 0. The largest absolute Gasteiger partial charge is 0.123 e. The zero-order chi connectivity index (χ0) is 8.27. The Morgan fingerprint density at radius 3 is 2.18 bits per heavy atom. The summed E-state index contributed by atoms with van der Waals surface area (Å²) in [5.41, 5.74) is 0. The molecule has 66 valence electrons. The van der Waals surface area contributed by atoms with E-state index >= 15 is 0 Å². The summed E-state index contributed by atoms with van der Waals surface area (Å²) < 4.78 is 0. The molecule has 0 nitrogen and oxygen atoms in total. The molecule has 0 radical (unpaired) electrons. The van der Waals surface area contributed by atoms with Crippen molar-refractivity contribution in [3.05, 3.63) is 0 Å². The van der Waals surface area contributed by atoms with E-state index < -0.39 is 0 Å². The summed E-state index contributed by atoms with van der Waals surface area (Å²) in [7, 11) is 0. The van der Waals surface area contributed by atoms with Crippen LogP contribution in [0.2, 0.25) is 0 Å². The van der Waals surface area contributed by atoms with Crippen molar-refractivity contribution in [3.8, 4) is 0 Å². The van der Waals surface area contributed by atoms with Gasteiger partial charge in [0.25, 0.3) is 0 Å². The fraction of sp³-hybridized carbons (Fsp3) is 1.00. The number of rotatable bonds is 2. The minimum atomic E-state index is 0.396. The van der Waals surface area contributed by atoms with Gasteiger partial charge in [-0.05, 0) is 31.6 Å². The van der Waals surface area contributed by atoms with Crippen molar-refractivity contribution >= 4 is 11.6 Å². The molecule has 1 aliphatic rings. The molecular formula is C10H19Cl. The summed E-state index contributed by atoms with van der Waals surface area (Å²) in [6.45, 7) is 4.44. The lowest BCUT2D eigenvalue weighted by Gasteiger charge is -2.29. The van der Waals surface area contributed by atoms with Crippen molar-refractivity contribution in [3.63, 3.8) is 0 Å².